The SMILES string of the molecule is O=Nc1cccc2c1C(=O)N(c1cccc(C(F)(F)F)c1)C2. The maximum atomic E-state index is 12.8. The number of carbonyl (C=O) groups is 1. The van der Waals surface area contributed by atoms with Crippen molar-refractivity contribution in [2.45, 2.75) is 12.7 Å². The van der Waals surface area contributed by atoms with Gasteiger partial charge in [0.2, 0.25) is 0 Å². The number of hydrogen-bond acceptors (Lipinski definition) is 3. The highest BCUT2D eigenvalue weighted by Crippen LogP contribution is 2.36. The number of benzene rings is 2. The van der Waals surface area contributed by atoms with Crippen LogP contribution in [0.2, 0.25) is 0 Å². The molecule has 0 radical (unpaired) electrons. The van der Waals surface area contributed by atoms with E-state index in [0.29, 0.717) is 5.56 Å². The van der Waals surface area contributed by atoms with Crippen LogP contribution in [0.25, 0.3) is 0 Å². The second-order valence-corrected chi connectivity index (χ2v) is 4.84. The first-order valence-corrected chi connectivity index (χ1v) is 6.36. The van der Waals surface area contributed by atoms with Crippen LogP contribution in [0.15, 0.2) is 47.6 Å². The number of hydrogen-bond donors (Lipinski definition) is 0. The number of nitrogens with zero attached hydrogens (tertiary/aromatic N) is 2. The number of amides is 1. The van der Waals surface area contributed by atoms with Crippen LogP contribution in [-0.2, 0) is 12.7 Å². The molecule has 1 aliphatic rings. The highest BCUT2D eigenvalue weighted by atomic mass is 19.4. The van der Waals surface area contributed by atoms with Crippen LogP contribution < -0.4 is 4.90 Å². The molecule has 3 rings (SSSR count). The Bertz CT molecular complexity index is 772. The summed E-state index contributed by atoms with van der Waals surface area (Å²) in [6, 6.07) is 9.15. The van der Waals surface area contributed by atoms with Crippen molar-refractivity contribution in [2.75, 3.05) is 4.90 Å². The summed E-state index contributed by atoms with van der Waals surface area (Å²) < 4.78 is 38.3. The van der Waals surface area contributed by atoms with Crippen molar-refractivity contribution in [1.82, 2.24) is 0 Å². The maximum Gasteiger partial charge on any atom is 0.416 e. The average molecular weight is 306 g/mol. The molecule has 2 aromatic rings. The van der Waals surface area contributed by atoms with E-state index < -0.39 is 17.6 Å². The maximum absolute atomic E-state index is 12.8. The van der Waals surface area contributed by atoms with E-state index in [1.807, 2.05) is 0 Å². The Morgan fingerprint density at radius 1 is 1.09 bits per heavy atom. The van der Waals surface area contributed by atoms with Crippen LogP contribution in [-0.4, -0.2) is 5.91 Å². The fourth-order valence-corrected chi connectivity index (χ4v) is 2.48. The second kappa shape index (κ2) is 4.94. The molecular weight excluding hydrogens is 297 g/mol. The number of anilines is 1. The molecule has 0 bridgehead atoms. The summed E-state index contributed by atoms with van der Waals surface area (Å²) >= 11 is 0. The monoisotopic (exact) mass is 306 g/mol. The van der Waals surface area contributed by atoms with Gasteiger partial charge in [-0.1, -0.05) is 18.2 Å². The number of alkyl halides is 3. The summed E-state index contributed by atoms with van der Waals surface area (Å²) in [7, 11) is 0. The van der Waals surface area contributed by atoms with E-state index in [0.717, 1.165) is 12.1 Å². The summed E-state index contributed by atoms with van der Waals surface area (Å²) in [6.07, 6.45) is -4.48. The van der Waals surface area contributed by atoms with Crippen molar-refractivity contribution >= 4 is 17.3 Å². The van der Waals surface area contributed by atoms with E-state index in [9.17, 15) is 22.9 Å². The Balaban J connectivity index is 2.03. The van der Waals surface area contributed by atoms with Gasteiger partial charge < -0.3 is 4.90 Å². The molecule has 112 valence electrons. The van der Waals surface area contributed by atoms with Crippen molar-refractivity contribution in [3.05, 3.63) is 64.1 Å². The molecule has 22 heavy (non-hydrogen) atoms. The fourth-order valence-electron chi connectivity index (χ4n) is 2.48. The quantitative estimate of drug-likeness (QED) is 0.778. The van der Waals surface area contributed by atoms with Crippen LogP contribution in [0.3, 0.4) is 0 Å². The summed E-state index contributed by atoms with van der Waals surface area (Å²) in [5, 5.41) is 2.80. The van der Waals surface area contributed by atoms with Crippen LogP contribution in [0, 0.1) is 4.91 Å². The van der Waals surface area contributed by atoms with Gasteiger partial charge in [0.1, 0.15) is 5.69 Å². The topological polar surface area (TPSA) is 49.7 Å². The number of carbonyl (C=O) groups excluding carboxylic acids is 1. The fraction of sp³-hybridized carbons (Fsp3) is 0.133. The third-order valence-electron chi connectivity index (χ3n) is 3.50. The van der Waals surface area contributed by atoms with Gasteiger partial charge in [0.05, 0.1) is 17.7 Å². The lowest BCUT2D eigenvalue weighted by atomic mass is 10.1. The lowest BCUT2D eigenvalue weighted by Gasteiger charge is -2.17. The molecule has 0 atom stereocenters. The van der Waals surface area contributed by atoms with E-state index in [1.54, 1.807) is 12.1 Å². The van der Waals surface area contributed by atoms with Gasteiger partial charge in [-0.25, -0.2) is 0 Å². The van der Waals surface area contributed by atoms with Gasteiger partial charge in [-0.3, -0.25) is 4.79 Å². The highest BCUT2D eigenvalue weighted by Gasteiger charge is 2.34. The van der Waals surface area contributed by atoms with Crippen LogP contribution in [0.1, 0.15) is 21.5 Å². The normalized spacial score (nSPS) is 14.1. The number of rotatable bonds is 2. The number of fused-ring (bicyclic) bond motifs is 1. The van der Waals surface area contributed by atoms with Crippen LogP contribution in [0.5, 0.6) is 0 Å². The minimum absolute atomic E-state index is 0.00280. The molecule has 1 heterocycles. The smallest absolute Gasteiger partial charge is 0.304 e. The summed E-state index contributed by atoms with van der Waals surface area (Å²) in [5.74, 6) is -0.524. The predicted molar refractivity (Wildman–Crippen MR) is 73.9 cm³/mol. The minimum atomic E-state index is -4.48. The second-order valence-electron chi connectivity index (χ2n) is 4.84. The first-order chi connectivity index (χ1) is 10.4. The summed E-state index contributed by atoms with van der Waals surface area (Å²) in [5.41, 5.74) is 0.0155. The molecule has 0 spiro atoms. The Morgan fingerprint density at radius 2 is 1.82 bits per heavy atom. The zero-order valence-corrected chi connectivity index (χ0v) is 11.1. The molecule has 1 aliphatic heterocycles. The molecule has 2 aromatic carbocycles. The van der Waals surface area contributed by atoms with E-state index >= 15 is 0 Å². The van der Waals surface area contributed by atoms with Gasteiger partial charge in [0, 0.05) is 5.69 Å². The zero-order valence-electron chi connectivity index (χ0n) is 11.1. The first kappa shape index (κ1) is 14.2. The molecule has 0 saturated carbocycles. The number of halogens is 3. The minimum Gasteiger partial charge on any atom is -0.304 e. The average Bonchev–Trinajstić information content (AvgIpc) is 2.84. The van der Waals surface area contributed by atoms with Crippen molar-refractivity contribution in [2.24, 2.45) is 5.18 Å². The Labute approximate surface area is 123 Å². The molecule has 0 saturated heterocycles. The van der Waals surface area contributed by atoms with Gasteiger partial charge in [-0.15, -0.1) is 4.91 Å². The van der Waals surface area contributed by atoms with E-state index in [1.165, 1.54) is 23.1 Å². The number of nitroso groups, excluding NO2 is 1. The van der Waals surface area contributed by atoms with E-state index in [-0.39, 0.29) is 23.5 Å². The molecule has 0 unspecified atom stereocenters. The largest absolute Gasteiger partial charge is 0.416 e. The van der Waals surface area contributed by atoms with Crippen LogP contribution >= 0.6 is 0 Å². The van der Waals surface area contributed by atoms with E-state index in [4.69, 9.17) is 0 Å². The molecular formula is C15H9F3N2O2. The molecule has 0 N–H and O–H groups in total. The Morgan fingerprint density at radius 3 is 2.50 bits per heavy atom. The first-order valence-electron chi connectivity index (χ1n) is 6.36. The molecule has 0 aliphatic carbocycles. The molecule has 0 fully saturated rings. The van der Waals surface area contributed by atoms with Crippen molar-refractivity contribution < 1.29 is 18.0 Å². The molecule has 1 amide bonds. The summed E-state index contributed by atoms with van der Waals surface area (Å²) in [6.45, 7) is 0.110. The predicted octanol–water partition coefficient (Wildman–Crippen LogP) is 4.26. The third-order valence-corrected chi connectivity index (χ3v) is 3.50. The van der Waals surface area contributed by atoms with Crippen molar-refractivity contribution in [3.8, 4) is 0 Å². The lowest BCUT2D eigenvalue weighted by molar-refractivity contribution is -0.137. The van der Waals surface area contributed by atoms with E-state index in [2.05, 4.69) is 5.18 Å². The third kappa shape index (κ3) is 2.24. The van der Waals surface area contributed by atoms with Crippen molar-refractivity contribution in [1.29, 1.82) is 0 Å². The lowest BCUT2D eigenvalue weighted by Crippen LogP contribution is -2.23. The standard InChI is InChI=1S/C15H9F3N2O2/c16-15(17,18)10-4-2-5-11(7-10)20-8-9-3-1-6-12(19-22)13(9)14(20)21/h1-7H,8H2. The molecule has 7 heteroatoms. The van der Waals surface area contributed by atoms with Crippen molar-refractivity contribution in [3.63, 3.8) is 0 Å². The van der Waals surface area contributed by atoms with Crippen LogP contribution in [0.4, 0.5) is 24.5 Å². The van der Waals surface area contributed by atoms with Gasteiger partial charge in [-0.05, 0) is 35.0 Å². The van der Waals surface area contributed by atoms with Gasteiger partial charge >= 0.3 is 6.18 Å². The molecule has 0 aromatic heterocycles. The van der Waals surface area contributed by atoms with Gasteiger partial charge in [-0.2, -0.15) is 13.2 Å². The Kier molecular flexibility index (Phi) is 3.20. The van der Waals surface area contributed by atoms with Gasteiger partial charge in [0.15, 0.2) is 0 Å². The zero-order chi connectivity index (χ0) is 15.9. The summed E-state index contributed by atoms with van der Waals surface area (Å²) in [4.78, 5) is 24.4. The molecule has 4 nitrogen and oxygen atoms in total. The van der Waals surface area contributed by atoms with Gasteiger partial charge in [0.25, 0.3) is 5.91 Å². The Hall–Kier alpha value is -2.70. The highest BCUT2D eigenvalue weighted by molar-refractivity contribution is 6.13.